The fraction of sp³-hybridized carbons (Fsp3) is 0.625. The van der Waals surface area contributed by atoms with Crippen LogP contribution in [0.4, 0.5) is 13.6 Å². The lowest BCUT2D eigenvalue weighted by atomic mass is 9.84. The Morgan fingerprint density at radius 2 is 1.91 bits per heavy atom. The molecule has 1 aromatic heterocycles. The molecule has 14 nitrogen and oxygen atoms in total. The van der Waals surface area contributed by atoms with Gasteiger partial charge in [-0.25, -0.2) is 27.0 Å². The molecular weight excluding hydrogens is 765 g/mol. The number of nitrogens with zero attached hydrogens (tertiary/aromatic N) is 3. The molecule has 2 saturated carbocycles. The second kappa shape index (κ2) is 14.4. The van der Waals surface area contributed by atoms with Gasteiger partial charge in [-0.15, -0.1) is 0 Å². The summed E-state index contributed by atoms with van der Waals surface area (Å²) in [6, 6.07) is 1.91. The number of sulfonamides is 1. The number of methoxy groups -OCH3 is 1. The van der Waals surface area contributed by atoms with Crippen molar-refractivity contribution in [2.45, 2.75) is 126 Å². The summed E-state index contributed by atoms with van der Waals surface area (Å²) in [5.41, 5.74) is -3.45. The number of fused-ring (bicyclic) bond motifs is 5. The molecule has 2 aromatic rings. The van der Waals surface area contributed by atoms with Gasteiger partial charge in [0.25, 0.3) is 11.8 Å². The molecule has 4 heterocycles. The number of hydrogen-bond donors (Lipinski definition) is 3. The highest BCUT2D eigenvalue weighted by molar-refractivity contribution is 7.91. The Hall–Kier alpha value is -4.54. The Morgan fingerprint density at radius 3 is 2.58 bits per heavy atom. The molecule has 1 spiro atoms. The highest BCUT2D eigenvalue weighted by Crippen LogP contribution is 2.55. The highest BCUT2D eigenvalue weighted by atomic mass is 32.2. The number of ether oxygens (including phenoxy) is 2. The first-order valence-electron chi connectivity index (χ1n) is 19.7. The summed E-state index contributed by atoms with van der Waals surface area (Å²) in [7, 11) is -2.68. The summed E-state index contributed by atoms with van der Waals surface area (Å²) in [6.07, 6.45) is 4.30. The first-order valence-corrected chi connectivity index (χ1v) is 21.1. The summed E-state index contributed by atoms with van der Waals surface area (Å²) < 4.78 is 73.0. The van der Waals surface area contributed by atoms with Crippen molar-refractivity contribution in [1.82, 2.24) is 24.8 Å². The van der Waals surface area contributed by atoms with Crippen molar-refractivity contribution in [1.29, 1.82) is 0 Å². The zero-order valence-corrected chi connectivity index (χ0v) is 33.7. The third kappa shape index (κ3) is 7.40. The number of pyridine rings is 1. The van der Waals surface area contributed by atoms with Gasteiger partial charge in [-0.3, -0.25) is 24.0 Å². The average molecular weight is 816 g/mol. The van der Waals surface area contributed by atoms with Crippen LogP contribution in [0.2, 0.25) is 0 Å². The van der Waals surface area contributed by atoms with Crippen LogP contribution < -0.4 is 19.5 Å². The molecular formula is C40H51F2N5O9S. The first kappa shape index (κ1) is 40.6. The van der Waals surface area contributed by atoms with E-state index >= 15 is 8.78 Å². The molecule has 57 heavy (non-hydrogen) atoms. The van der Waals surface area contributed by atoms with Crippen LogP contribution in [0, 0.1) is 18.8 Å². The standard InChI is InChI=1S/C40H51F2N5O9S/c1-23(2)20-46(36(51)52)29-12-10-8-6-7-9-11-25-18-39(25,35(50)45-57(53,54)37(4)15-16-37)44-33(48)30-19-38(22-47(30)34(29)49)21-40(41,42)31-27-17-26(55-5)13-14-28(27)43-24(3)32(31)56-38/h9,11,13-14,17,23,25,29-30H,6-8,10,12,15-16,18-22H2,1-5H3,(H,44,48)(H,45,50)(H,51,52)/b11-9-/t25-,29+,30+,38+,39-/m1/s1. The van der Waals surface area contributed by atoms with Gasteiger partial charge < -0.3 is 24.8 Å². The van der Waals surface area contributed by atoms with E-state index in [0.717, 1.165) is 9.80 Å². The first-order chi connectivity index (χ1) is 26.8. The third-order valence-corrected chi connectivity index (χ3v) is 14.5. The van der Waals surface area contributed by atoms with Crippen molar-refractivity contribution >= 4 is 44.7 Å². The Morgan fingerprint density at radius 1 is 1.18 bits per heavy atom. The number of carbonyl (C=O) groups is 4. The Bertz CT molecular complexity index is 2140. The number of hydrogen-bond acceptors (Lipinski definition) is 9. The Kier molecular flexibility index (Phi) is 10.3. The van der Waals surface area contributed by atoms with E-state index in [1.54, 1.807) is 18.2 Å². The van der Waals surface area contributed by atoms with Crippen LogP contribution >= 0.6 is 0 Å². The van der Waals surface area contributed by atoms with Crippen LogP contribution in [0.25, 0.3) is 10.9 Å². The number of carbonyl (C=O) groups excluding carboxylic acids is 3. The van der Waals surface area contributed by atoms with Crippen molar-refractivity contribution in [2.24, 2.45) is 11.8 Å². The number of aryl methyl sites for hydroxylation is 1. The predicted molar refractivity (Wildman–Crippen MR) is 204 cm³/mol. The number of aromatic nitrogens is 1. The van der Waals surface area contributed by atoms with Gasteiger partial charge in [-0.2, -0.15) is 0 Å². The Labute approximate surface area is 330 Å². The summed E-state index contributed by atoms with van der Waals surface area (Å²) in [5, 5.41) is 13.3. The zero-order valence-electron chi connectivity index (χ0n) is 32.9. The summed E-state index contributed by atoms with van der Waals surface area (Å²) >= 11 is 0. The summed E-state index contributed by atoms with van der Waals surface area (Å²) in [4.78, 5) is 63.0. The number of carboxylic acid groups (broad SMARTS) is 1. The number of rotatable bonds is 7. The van der Waals surface area contributed by atoms with Gasteiger partial charge >= 0.3 is 6.09 Å². The topological polar surface area (TPSA) is 185 Å². The SMILES string of the molecule is COc1ccc2nc(C)c3c(c2c1)C(F)(F)C[C@]1(C[C@H]2C(=O)N[C@]4(C(=O)NS(=O)(=O)C5(C)CC5)C[C@H]4/C=C\CCCCC[C@H](N(CC(C)C)C(=O)O)C(=O)N2C1)O3. The molecule has 2 aliphatic carbocycles. The van der Waals surface area contributed by atoms with Crippen LogP contribution in [0.15, 0.2) is 30.4 Å². The molecule has 4 amide bonds. The van der Waals surface area contributed by atoms with Gasteiger partial charge in [0.2, 0.25) is 21.8 Å². The molecule has 3 N–H and O–H groups in total. The molecule has 1 saturated heterocycles. The number of nitrogens with one attached hydrogen (secondary N) is 2. The van der Waals surface area contributed by atoms with Crippen molar-refractivity contribution < 1.29 is 51.0 Å². The fourth-order valence-electron chi connectivity index (χ4n) is 8.76. The van der Waals surface area contributed by atoms with E-state index in [0.29, 0.717) is 49.8 Å². The van der Waals surface area contributed by atoms with Crippen molar-refractivity contribution in [3.63, 3.8) is 0 Å². The van der Waals surface area contributed by atoms with Crippen LogP contribution in [-0.4, -0.2) is 100 Å². The molecule has 7 rings (SSSR count). The minimum atomic E-state index is -4.10. The second-order valence-electron chi connectivity index (χ2n) is 17.2. The van der Waals surface area contributed by atoms with Gasteiger partial charge in [0, 0.05) is 24.3 Å². The predicted octanol–water partition coefficient (Wildman–Crippen LogP) is 5.16. The highest BCUT2D eigenvalue weighted by Gasteiger charge is 2.65. The van der Waals surface area contributed by atoms with E-state index in [1.807, 2.05) is 19.9 Å². The number of alkyl halides is 2. The number of halogens is 2. The molecule has 0 radical (unpaired) electrons. The quantitative estimate of drug-likeness (QED) is 0.316. The van der Waals surface area contributed by atoms with Crippen LogP contribution in [0.5, 0.6) is 11.5 Å². The fourth-order valence-corrected chi connectivity index (χ4v) is 10.1. The van der Waals surface area contributed by atoms with Crippen LogP contribution in [0.3, 0.4) is 0 Å². The number of benzene rings is 1. The normalized spacial score (nSPS) is 29.8. The van der Waals surface area contributed by atoms with Gasteiger partial charge in [0.05, 0.1) is 41.6 Å². The van der Waals surface area contributed by atoms with Gasteiger partial charge in [-0.05, 0) is 76.5 Å². The van der Waals surface area contributed by atoms with E-state index in [1.165, 1.54) is 27.0 Å². The van der Waals surface area contributed by atoms with Crippen molar-refractivity contribution in [2.75, 3.05) is 20.2 Å². The molecule has 3 aliphatic heterocycles. The molecule has 5 atom stereocenters. The van der Waals surface area contributed by atoms with Gasteiger partial charge in [-0.1, -0.05) is 38.8 Å². The molecule has 0 unspecified atom stereocenters. The maximum absolute atomic E-state index is 16.8. The van der Waals surface area contributed by atoms with E-state index in [9.17, 15) is 32.7 Å². The maximum Gasteiger partial charge on any atom is 0.407 e. The van der Waals surface area contributed by atoms with Crippen LogP contribution in [0.1, 0.15) is 96.2 Å². The van der Waals surface area contributed by atoms with Gasteiger partial charge in [0.15, 0.2) is 5.75 Å². The average Bonchev–Trinajstić information content (AvgIpc) is 4.02. The smallest absolute Gasteiger partial charge is 0.407 e. The molecule has 5 aliphatic rings. The van der Waals surface area contributed by atoms with E-state index in [2.05, 4.69) is 15.0 Å². The second-order valence-corrected chi connectivity index (χ2v) is 19.4. The monoisotopic (exact) mass is 815 g/mol. The maximum atomic E-state index is 16.8. The summed E-state index contributed by atoms with van der Waals surface area (Å²) in [6.45, 7) is 6.21. The molecule has 310 valence electrons. The number of allylic oxidation sites excluding steroid dienone is 1. The minimum Gasteiger partial charge on any atom is -0.497 e. The van der Waals surface area contributed by atoms with E-state index < -0.39 is 98.6 Å². The largest absolute Gasteiger partial charge is 0.497 e. The lowest BCUT2D eigenvalue weighted by molar-refractivity contribution is -0.144. The minimum absolute atomic E-state index is 0.00598. The van der Waals surface area contributed by atoms with E-state index in [-0.39, 0.29) is 42.1 Å². The molecule has 3 fully saturated rings. The van der Waals surface area contributed by atoms with E-state index in [4.69, 9.17) is 9.47 Å². The lowest BCUT2D eigenvalue weighted by Gasteiger charge is -2.40. The van der Waals surface area contributed by atoms with Gasteiger partial charge in [0.1, 0.15) is 29.0 Å². The molecule has 17 heteroatoms. The lowest BCUT2D eigenvalue weighted by Crippen LogP contribution is -2.59. The van der Waals surface area contributed by atoms with Crippen molar-refractivity contribution in [3.05, 3.63) is 41.6 Å². The zero-order chi connectivity index (χ0) is 41.3. The third-order valence-electron chi connectivity index (χ3n) is 12.3. The van der Waals surface area contributed by atoms with Crippen LogP contribution in [-0.2, 0) is 30.3 Å². The Balaban J connectivity index is 1.30. The molecule has 0 bridgehead atoms. The van der Waals surface area contributed by atoms with Crippen molar-refractivity contribution in [3.8, 4) is 11.5 Å². The summed E-state index contributed by atoms with van der Waals surface area (Å²) in [5.74, 6) is -6.66. The molecule has 1 aromatic carbocycles. The number of amides is 4.